The molecule has 1 aromatic rings. The minimum absolute atomic E-state index is 0.00902. The van der Waals surface area contributed by atoms with Crippen molar-refractivity contribution < 1.29 is 13.6 Å². The van der Waals surface area contributed by atoms with Gasteiger partial charge in [-0.25, -0.2) is 8.78 Å². The summed E-state index contributed by atoms with van der Waals surface area (Å²) in [4.78, 5) is 11.4. The number of hydrogen-bond donors (Lipinski definition) is 2. The van der Waals surface area contributed by atoms with Crippen molar-refractivity contribution in [2.45, 2.75) is 19.4 Å². The summed E-state index contributed by atoms with van der Waals surface area (Å²) in [7, 11) is 0. The molecule has 0 bridgehead atoms. The van der Waals surface area contributed by atoms with E-state index in [9.17, 15) is 13.6 Å². The summed E-state index contributed by atoms with van der Waals surface area (Å²) in [5.74, 6) is -2.42. The molecule has 0 aliphatic heterocycles. The third-order valence-corrected chi connectivity index (χ3v) is 2.07. The average molecular weight is 228 g/mol. The Kier molecular flexibility index (Phi) is 4.37. The third kappa shape index (κ3) is 3.58. The molecule has 0 aliphatic rings. The monoisotopic (exact) mass is 228 g/mol. The lowest BCUT2D eigenvalue weighted by molar-refractivity contribution is 0.0952. The van der Waals surface area contributed by atoms with Gasteiger partial charge in [-0.3, -0.25) is 4.79 Å². The second-order valence-corrected chi connectivity index (χ2v) is 3.65. The molecule has 0 aliphatic carbocycles. The number of nitrogens with one attached hydrogen (secondary N) is 1. The van der Waals surface area contributed by atoms with E-state index in [1.54, 1.807) is 0 Å². The number of rotatable bonds is 4. The molecule has 3 N–H and O–H groups in total. The minimum atomic E-state index is -1.03. The van der Waals surface area contributed by atoms with Gasteiger partial charge in [-0.15, -0.1) is 0 Å². The highest BCUT2D eigenvalue weighted by Crippen LogP contribution is 2.08. The predicted molar refractivity (Wildman–Crippen MR) is 57.0 cm³/mol. The van der Waals surface area contributed by atoms with Gasteiger partial charge in [0.25, 0.3) is 5.91 Å². The maximum atomic E-state index is 12.8. The van der Waals surface area contributed by atoms with Crippen LogP contribution < -0.4 is 11.1 Å². The molecular weight excluding hydrogens is 214 g/mol. The first kappa shape index (κ1) is 12.6. The van der Waals surface area contributed by atoms with Crippen LogP contribution in [0, 0.1) is 11.6 Å². The van der Waals surface area contributed by atoms with Crippen LogP contribution in [-0.2, 0) is 0 Å². The average Bonchev–Trinajstić information content (AvgIpc) is 2.21. The number of nitrogens with two attached hydrogens (primary N) is 1. The van der Waals surface area contributed by atoms with Crippen LogP contribution in [0.3, 0.4) is 0 Å². The van der Waals surface area contributed by atoms with Gasteiger partial charge >= 0.3 is 0 Å². The van der Waals surface area contributed by atoms with E-state index in [2.05, 4.69) is 5.32 Å². The highest BCUT2D eigenvalue weighted by atomic mass is 19.2. The first-order valence-corrected chi connectivity index (χ1v) is 4.99. The van der Waals surface area contributed by atoms with Crippen LogP contribution in [0.25, 0.3) is 0 Å². The van der Waals surface area contributed by atoms with Crippen LogP contribution in [0.15, 0.2) is 18.2 Å². The summed E-state index contributed by atoms with van der Waals surface area (Å²) in [5, 5.41) is 2.57. The molecule has 1 aromatic carbocycles. The van der Waals surface area contributed by atoms with Crippen molar-refractivity contribution in [1.29, 1.82) is 0 Å². The van der Waals surface area contributed by atoms with E-state index in [0.29, 0.717) is 13.0 Å². The molecule has 0 saturated heterocycles. The number of carbonyl (C=O) groups excluding carboxylic acids is 1. The van der Waals surface area contributed by atoms with Gasteiger partial charge in [0, 0.05) is 18.2 Å². The topological polar surface area (TPSA) is 55.1 Å². The van der Waals surface area contributed by atoms with Crippen LogP contribution in [0.4, 0.5) is 8.78 Å². The normalized spacial score (nSPS) is 12.2. The van der Waals surface area contributed by atoms with Gasteiger partial charge in [-0.1, -0.05) is 0 Å². The quantitative estimate of drug-likeness (QED) is 0.819. The molecule has 1 atom stereocenters. The lowest BCUT2D eigenvalue weighted by atomic mass is 10.2. The summed E-state index contributed by atoms with van der Waals surface area (Å²) in [6, 6.07) is 3.02. The number of hydrogen-bond acceptors (Lipinski definition) is 2. The maximum Gasteiger partial charge on any atom is 0.251 e. The maximum absolute atomic E-state index is 12.8. The minimum Gasteiger partial charge on any atom is -0.352 e. The van der Waals surface area contributed by atoms with Crippen molar-refractivity contribution in [3.05, 3.63) is 35.4 Å². The van der Waals surface area contributed by atoms with Crippen LogP contribution in [-0.4, -0.2) is 18.5 Å². The van der Waals surface area contributed by atoms with Gasteiger partial charge in [0.15, 0.2) is 11.6 Å². The van der Waals surface area contributed by atoms with Crippen molar-refractivity contribution in [2.75, 3.05) is 6.54 Å². The van der Waals surface area contributed by atoms with Crippen molar-refractivity contribution in [2.24, 2.45) is 5.73 Å². The van der Waals surface area contributed by atoms with E-state index >= 15 is 0 Å². The van der Waals surface area contributed by atoms with Crippen LogP contribution in [0.5, 0.6) is 0 Å². The number of carbonyl (C=O) groups is 1. The van der Waals surface area contributed by atoms with Gasteiger partial charge in [-0.05, 0) is 31.5 Å². The molecule has 0 saturated carbocycles. The molecule has 0 fully saturated rings. The molecule has 5 heteroatoms. The zero-order chi connectivity index (χ0) is 12.1. The highest BCUT2D eigenvalue weighted by Gasteiger charge is 2.09. The Hall–Kier alpha value is -1.49. The molecule has 1 amide bonds. The van der Waals surface area contributed by atoms with Crippen molar-refractivity contribution >= 4 is 5.91 Å². The van der Waals surface area contributed by atoms with Gasteiger partial charge in [-0.2, -0.15) is 0 Å². The Balaban J connectivity index is 2.56. The van der Waals surface area contributed by atoms with Crippen molar-refractivity contribution in [3.63, 3.8) is 0 Å². The highest BCUT2D eigenvalue weighted by molar-refractivity contribution is 5.94. The second kappa shape index (κ2) is 5.55. The molecule has 16 heavy (non-hydrogen) atoms. The van der Waals surface area contributed by atoms with E-state index in [4.69, 9.17) is 5.73 Å². The Morgan fingerprint density at radius 2 is 2.12 bits per heavy atom. The summed E-state index contributed by atoms with van der Waals surface area (Å²) in [6.45, 7) is 2.24. The predicted octanol–water partition coefficient (Wildman–Crippen LogP) is 1.43. The SMILES string of the molecule is CC(N)CCNC(=O)c1ccc(F)c(F)c1. The van der Waals surface area contributed by atoms with E-state index in [0.717, 1.165) is 12.1 Å². The lowest BCUT2D eigenvalue weighted by Gasteiger charge is -2.07. The van der Waals surface area contributed by atoms with Gasteiger partial charge in [0.05, 0.1) is 0 Å². The molecule has 88 valence electrons. The fraction of sp³-hybridized carbons (Fsp3) is 0.364. The molecule has 0 radical (unpaired) electrons. The summed E-state index contributed by atoms with van der Waals surface area (Å²) in [6.07, 6.45) is 0.634. The van der Waals surface area contributed by atoms with Gasteiger partial charge in [0.1, 0.15) is 0 Å². The number of amides is 1. The fourth-order valence-electron chi connectivity index (χ4n) is 1.15. The van der Waals surface area contributed by atoms with E-state index in [1.165, 1.54) is 6.07 Å². The third-order valence-electron chi connectivity index (χ3n) is 2.07. The first-order chi connectivity index (χ1) is 7.50. The Bertz CT molecular complexity index is 380. The molecule has 0 spiro atoms. The molecule has 3 nitrogen and oxygen atoms in total. The Morgan fingerprint density at radius 3 is 2.69 bits per heavy atom. The molecular formula is C11H14F2N2O. The first-order valence-electron chi connectivity index (χ1n) is 4.99. The zero-order valence-corrected chi connectivity index (χ0v) is 8.97. The standard InChI is InChI=1S/C11H14F2N2O/c1-7(14)4-5-15-11(16)8-2-3-9(12)10(13)6-8/h2-3,6-7H,4-5,14H2,1H3,(H,15,16). The zero-order valence-electron chi connectivity index (χ0n) is 8.97. The van der Waals surface area contributed by atoms with Crippen LogP contribution in [0.2, 0.25) is 0 Å². The molecule has 0 heterocycles. The van der Waals surface area contributed by atoms with Gasteiger partial charge in [0.2, 0.25) is 0 Å². The van der Waals surface area contributed by atoms with Crippen LogP contribution in [0.1, 0.15) is 23.7 Å². The molecule has 1 unspecified atom stereocenters. The van der Waals surface area contributed by atoms with E-state index in [1.807, 2.05) is 6.92 Å². The van der Waals surface area contributed by atoms with Crippen LogP contribution >= 0.6 is 0 Å². The van der Waals surface area contributed by atoms with E-state index in [-0.39, 0.29) is 11.6 Å². The summed E-state index contributed by atoms with van der Waals surface area (Å²) < 4.78 is 25.4. The largest absolute Gasteiger partial charge is 0.352 e. The van der Waals surface area contributed by atoms with E-state index < -0.39 is 17.5 Å². The Morgan fingerprint density at radius 1 is 1.44 bits per heavy atom. The Labute approximate surface area is 92.6 Å². The lowest BCUT2D eigenvalue weighted by Crippen LogP contribution is -2.29. The van der Waals surface area contributed by atoms with Gasteiger partial charge < -0.3 is 11.1 Å². The number of halogens is 2. The molecule has 0 aromatic heterocycles. The fourth-order valence-corrected chi connectivity index (χ4v) is 1.15. The summed E-state index contributed by atoms with van der Waals surface area (Å²) in [5.41, 5.74) is 5.60. The van der Waals surface area contributed by atoms with Crippen molar-refractivity contribution in [3.8, 4) is 0 Å². The second-order valence-electron chi connectivity index (χ2n) is 3.65. The number of benzene rings is 1. The molecule has 1 rings (SSSR count). The van der Waals surface area contributed by atoms with Crippen molar-refractivity contribution in [1.82, 2.24) is 5.32 Å². The smallest absolute Gasteiger partial charge is 0.251 e. The summed E-state index contributed by atoms with van der Waals surface area (Å²) >= 11 is 0.